The van der Waals surface area contributed by atoms with Gasteiger partial charge in [0.25, 0.3) is 0 Å². The summed E-state index contributed by atoms with van der Waals surface area (Å²) in [6.07, 6.45) is 0.616. The van der Waals surface area contributed by atoms with Crippen LogP contribution in [0.2, 0.25) is 0 Å². The van der Waals surface area contributed by atoms with Crippen LogP contribution in [0.5, 0.6) is 0 Å². The maximum atomic E-state index is 10.5. The number of nitrogens with two attached hydrogens (primary N) is 1. The van der Waals surface area contributed by atoms with E-state index in [1.54, 1.807) is 0 Å². The molecule has 0 aliphatic carbocycles. The van der Waals surface area contributed by atoms with Crippen molar-refractivity contribution in [2.45, 2.75) is 32.8 Å². The summed E-state index contributed by atoms with van der Waals surface area (Å²) in [5, 5.41) is 10.5. The highest BCUT2D eigenvalue weighted by Gasteiger charge is 2.38. The van der Waals surface area contributed by atoms with E-state index in [0.717, 1.165) is 10.0 Å². The van der Waals surface area contributed by atoms with Crippen molar-refractivity contribution >= 4 is 15.9 Å². The lowest BCUT2D eigenvalue weighted by atomic mass is 9.73. The second kappa shape index (κ2) is 4.86. The molecule has 0 spiro atoms. The Bertz CT molecular complexity index is 343. The maximum absolute atomic E-state index is 10.5. The zero-order chi connectivity index (χ0) is 12.4. The molecule has 0 amide bonds. The van der Waals surface area contributed by atoms with Gasteiger partial charge in [-0.25, -0.2) is 0 Å². The summed E-state index contributed by atoms with van der Waals surface area (Å²) in [6, 6.07) is 8.01. The van der Waals surface area contributed by atoms with Gasteiger partial charge in [0.05, 0.1) is 5.60 Å². The van der Waals surface area contributed by atoms with Crippen LogP contribution in [0, 0.1) is 5.41 Å². The minimum Gasteiger partial charge on any atom is -0.389 e. The zero-order valence-corrected chi connectivity index (χ0v) is 11.7. The Hall–Kier alpha value is -0.380. The van der Waals surface area contributed by atoms with E-state index < -0.39 is 5.60 Å². The number of hydrogen-bond acceptors (Lipinski definition) is 2. The van der Waals surface area contributed by atoms with Crippen LogP contribution in [0.15, 0.2) is 28.7 Å². The molecule has 1 aromatic rings. The van der Waals surface area contributed by atoms with Crippen molar-refractivity contribution < 1.29 is 5.11 Å². The highest BCUT2D eigenvalue weighted by Crippen LogP contribution is 2.32. The first kappa shape index (κ1) is 13.7. The smallest absolute Gasteiger partial charge is 0.0722 e. The van der Waals surface area contributed by atoms with Crippen LogP contribution in [0.3, 0.4) is 0 Å². The van der Waals surface area contributed by atoms with Gasteiger partial charge in [0.2, 0.25) is 0 Å². The molecule has 0 bridgehead atoms. The molecule has 1 unspecified atom stereocenters. The van der Waals surface area contributed by atoms with Gasteiger partial charge < -0.3 is 10.8 Å². The summed E-state index contributed by atoms with van der Waals surface area (Å²) in [4.78, 5) is 0. The van der Waals surface area contributed by atoms with Crippen molar-refractivity contribution in [1.82, 2.24) is 0 Å². The average Bonchev–Trinajstić information content (AvgIpc) is 2.21. The number of halogens is 1. The first-order valence-corrected chi connectivity index (χ1v) is 6.25. The minimum atomic E-state index is -0.796. The first-order valence-electron chi connectivity index (χ1n) is 5.45. The van der Waals surface area contributed by atoms with Crippen molar-refractivity contribution in [2.24, 2.45) is 11.1 Å². The summed E-state index contributed by atoms with van der Waals surface area (Å²) in [6.45, 7) is 6.30. The number of hydrogen-bond donors (Lipinski definition) is 2. The number of rotatable bonds is 4. The highest BCUT2D eigenvalue weighted by molar-refractivity contribution is 9.10. The van der Waals surface area contributed by atoms with Gasteiger partial charge in [0.1, 0.15) is 0 Å². The third kappa shape index (κ3) is 3.06. The van der Waals surface area contributed by atoms with Crippen molar-refractivity contribution in [3.05, 3.63) is 34.3 Å². The first-order chi connectivity index (χ1) is 7.28. The summed E-state index contributed by atoms with van der Waals surface area (Å²) in [5.41, 5.74) is 5.74. The molecular formula is C13H20BrNO. The van der Waals surface area contributed by atoms with E-state index in [-0.39, 0.29) is 5.41 Å². The second-order valence-corrected chi connectivity index (χ2v) is 6.08. The van der Waals surface area contributed by atoms with Crippen molar-refractivity contribution in [3.8, 4) is 0 Å². The lowest BCUT2D eigenvalue weighted by Crippen LogP contribution is -2.48. The third-order valence-electron chi connectivity index (χ3n) is 3.43. The van der Waals surface area contributed by atoms with Crippen molar-refractivity contribution in [3.63, 3.8) is 0 Å². The number of benzene rings is 1. The molecule has 0 heterocycles. The average molecular weight is 286 g/mol. The topological polar surface area (TPSA) is 46.2 Å². The van der Waals surface area contributed by atoms with Crippen LogP contribution in [-0.4, -0.2) is 17.3 Å². The summed E-state index contributed by atoms with van der Waals surface area (Å²) in [7, 11) is 0. The van der Waals surface area contributed by atoms with Gasteiger partial charge in [0.15, 0.2) is 0 Å². The van der Waals surface area contributed by atoms with Crippen molar-refractivity contribution in [2.75, 3.05) is 6.54 Å². The fourth-order valence-electron chi connectivity index (χ4n) is 1.46. The molecule has 2 nitrogen and oxygen atoms in total. The fourth-order valence-corrected chi connectivity index (χ4v) is 1.72. The Morgan fingerprint density at radius 2 is 1.69 bits per heavy atom. The largest absolute Gasteiger partial charge is 0.389 e. The Morgan fingerprint density at radius 3 is 2.12 bits per heavy atom. The summed E-state index contributed by atoms with van der Waals surface area (Å²) < 4.78 is 1.05. The summed E-state index contributed by atoms with van der Waals surface area (Å²) >= 11 is 3.40. The lowest BCUT2D eigenvalue weighted by molar-refractivity contribution is -0.0456. The molecule has 3 N–H and O–H groups in total. The Kier molecular flexibility index (Phi) is 4.16. The molecule has 0 radical (unpaired) electrons. The van der Waals surface area contributed by atoms with E-state index in [9.17, 15) is 5.11 Å². The lowest BCUT2D eigenvalue weighted by Gasteiger charge is -2.39. The maximum Gasteiger partial charge on any atom is 0.0722 e. The molecule has 90 valence electrons. The molecule has 1 rings (SSSR count). The van der Waals surface area contributed by atoms with Crippen LogP contribution >= 0.6 is 15.9 Å². The van der Waals surface area contributed by atoms with Crippen LogP contribution < -0.4 is 5.73 Å². The minimum absolute atomic E-state index is 0.292. The van der Waals surface area contributed by atoms with Gasteiger partial charge in [-0.3, -0.25) is 0 Å². The number of aliphatic hydroxyl groups is 1. The zero-order valence-electron chi connectivity index (χ0n) is 10.1. The van der Waals surface area contributed by atoms with E-state index in [1.807, 2.05) is 45.0 Å². The predicted octanol–water partition coefficient (Wildman–Crippen LogP) is 2.73. The van der Waals surface area contributed by atoms with Crippen LogP contribution in [0.1, 0.15) is 26.3 Å². The quantitative estimate of drug-likeness (QED) is 0.894. The fraction of sp³-hybridized carbons (Fsp3) is 0.538. The molecule has 0 saturated heterocycles. The Morgan fingerprint density at radius 1 is 1.19 bits per heavy atom. The molecular weight excluding hydrogens is 266 g/mol. The Labute approximate surface area is 106 Å². The monoisotopic (exact) mass is 285 g/mol. The van der Waals surface area contributed by atoms with Crippen LogP contribution in [0.25, 0.3) is 0 Å². The molecule has 0 aromatic heterocycles. The van der Waals surface area contributed by atoms with Gasteiger partial charge in [-0.1, -0.05) is 41.9 Å². The highest BCUT2D eigenvalue weighted by atomic mass is 79.9. The van der Waals surface area contributed by atoms with E-state index in [4.69, 9.17) is 5.73 Å². The normalized spacial score (nSPS) is 15.9. The van der Waals surface area contributed by atoms with Crippen LogP contribution in [0.4, 0.5) is 0 Å². The van der Waals surface area contributed by atoms with Crippen LogP contribution in [-0.2, 0) is 6.42 Å². The molecule has 0 aliphatic heterocycles. The molecule has 1 aromatic carbocycles. The molecule has 1 atom stereocenters. The predicted molar refractivity (Wildman–Crippen MR) is 71.3 cm³/mol. The van der Waals surface area contributed by atoms with Gasteiger partial charge in [-0.05, 0) is 24.6 Å². The molecule has 0 aliphatic rings. The standard InChI is InChI=1S/C13H20BrNO/c1-12(2,9-15)13(3,16)8-10-4-6-11(14)7-5-10/h4-7,16H,8-9,15H2,1-3H3. The van der Waals surface area contributed by atoms with Gasteiger partial charge in [0, 0.05) is 22.9 Å². The third-order valence-corrected chi connectivity index (χ3v) is 3.96. The molecule has 16 heavy (non-hydrogen) atoms. The van der Waals surface area contributed by atoms with E-state index in [2.05, 4.69) is 15.9 Å². The van der Waals surface area contributed by atoms with E-state index in [1.165, 1.54) is 0 Å². The van der Waals surface area contributed by atoms with Gasteiger partial charge in [-0.15, -0.1) is 0 Å². The van der Waals surface area contributed by atoms with E-state index >= 15 is 0 Å². The van der Waals surface area contributed by atoms with Gasteiger partial charge >= 0.3 is 0 Å². The Balaban J connectivity index is 2.84. The second-order valence-electron chi connectivity index (χ2n) is 5.17. The molecule has 0 fully saturated rings. The molecule has 3 heteroatoms. The molecule has 0 saturated carbocycles. The van der Waals surface area contributed by atoms with Gasteiger partial charge in [-0.2, -0.15) is 0 Å². The van der Waals surface area contributed by atoms with Crippen molar-refractivity contribution in [1.29, 1.82) is 0 Å². The summed E-state index contributed by atoms with van der Waals surface area (Å²) in [5.74, 6) is 0. The SMILES string of the molecule is CC(C)(CN)C(C)(O)Cc1ccc(Br)cc1. The van der Waals surface area contributed by atoms with E-state index in [0.29, 0.717) is 13.0 Å².